The Labute approximate surface area is 164 Å². The molecule has 148 valence electrons. The molecule has 2 aromatic rings. The molecule has 0 atom stereocenters. The van der Waals surface area contributed by atoms with Gasteiger partial charge in [0.15, 0.2) is 0 Å². The maximum atomic E-state index is 12.2. The predicted molar refractivity (Wildman–Crippen MR) is 107 cm³/mol. The summed E-state index contributed by atoms with van der Waals surface area (Å²) >= 11 is 0. The molecule has 8 heteroatoms. The molecule has 8 nitrogen and oxygen atoms in total. The van der Waals surface area contributed by atoms with Crippen molar-refractivity contribution in [3.05, 3.63) is 64.0 Å². The van der Waals surface area contributed by atoms with Gasteiger partial charge in [0.1, 0.15) is 5.69 Å². The standard InChI is InChI=1S/C20H25N5O3/c1-15(2)22-20(26)16-6-7-18(19(13-16)25(27)28)24-11-9-23(10-12-24)14-17-5-3-4-8-21-17/h3-8,13,15H,9-12,14H2,1-2H3,(H,22,26). The van der Waals surface area contributed by atoms with Gasteiger partial charge in [0, 0.05) is 56.6 Å². The van der Waals surface area contributed by atoms with Gasteiger partial charge >= 0.3 is 0 Å². The highest BCUT2D eigenvalue weighted by Crippen LogP contribution is 2.30. The van der Waals surface area contributed by atoms with Crippen LogP contribution < -0.4 is 10.2 Å². The van der Waals surface area contributed by atoms with Gasteiger partial charge in [0.25, 0.3) is 11.6 Å². The van der Waals surface area contributed by atoms with Crippen molar-refractivity contribution in [1.29, 1.82) is 0 Å². The zero-order chi connectivity index (χ0) is 20.1. The molecule has 0 aliphatic carbocycles. The van der Waals surface area contributed by atoms with Gasteiger partial charge in [-0.25, -0.2) is 0 Å². The van der Waals surface area contributed by atoms with Crippen LogP contribution in [-0.2, 0) is 6.54 Å². The van der Waals surface area contributed by atoms with E-state index in [4.69, 9.17) is 0 Å². The molecular formula is C20H25N5O3. The number of nitro groups is 1. The molecule has 1 aliphatic rings. The molecule has 0 unspecified atom stereocenters. The van der Waals surface area contributed by atoms with E-state index >= 15 is 0 Å². The van der Waals surface area contributed by atoms with Gasteiger partial charge in [-0.05, 0) is 38.1 Å². The van der Waals surface area contributed by atoms with Gasteiger partial charge in [0.05, 0.1) is 10.6 Å². The van der Waals surface area contributed by atoms with Crippen LogP contribution in [0.1, 0.15) is 29.9 Å². The molecule has 1 amide bonds. The highest BCUT2D eigenvalue weighted by Gasteiger charge is 2.25. The molecule has 1 fully saturated rings. The third kappa shape index (κ3) is 4.83. The highest BCUT2D eigenvalue weighted by atomic mass is 16.6. The van der Waals surface area contributed by atoms with E-state index in [9.17, 15) is 14.9 Å². The van der Waals surface area contributed by atoms with Crippen molar-refractivity contribution in [1.82, 2.24) is 15.2 Å². The third-order valence-electron chi connectivity index (χ3n) is 4.68. The second-order valence-electron chi connectivity index (χ2n) is 7.17. The van der Waals surface area contributed by atoms with Crippen molar-refractivity contribution >= 4 is 17.3 Å². The fraction of sp³-hybridized carbons (Fsp3) is 0.400. The molecule has 1 aliphatic heterocycles. The molecule has 1 N–H and O–H groups in total. The first-order valence-electron chi connectivity index (χ1n) is 9.40. The number of rotatable bonds is 6. The van der Waals surface area contributed by atoms with Crippen molar-refractivity contribution in [2.45, 2.75) is 26.4 Å². The number of anilines is 1. The summed E-state index contributed by atoms with van der Waals surface area (Å²) in [5.41, 5.74) is 1.85. The van der Waals surface area contributed by atoms with E-state index in [1.54, 1.807) is 18.3 Å². The summed E-state index contributed by atoms with van der Waals surface area (Å²) in [6.45, 7) is 7.43. The number of hydrogen-bond acceptors (Lipinski definition) is 6. The number of nitro benzene ring substituents is 1. The molecule has 1 aromatic heterocycles. The lowest BCUT2D eigenvalue weighted by molar-refractivity contribution is -0.384. The Balaban J connectivity index is 1.70. The van der Waals surface area contributed by atoms with Gasteiger partial charge in [-0.15, -0.1) is 0 Å². The predicted octanol–water partition coefficient (Wildman–Crippen LogP) is 2.45. The molecule has 1 aromatic carbocycles. The van der Waals surface area contributed by atoms with Crippen LogP contribution in [0.3, 0.4) is 0 Å². The molecular weight excluding hydrogens is 358 g/mol. The van der Waals surface area contributed by atoms with Gasteiger partial charge in [-0.2, -0.15) is 0 Å². The Morgan fingerprint density at radius 1 is 1.21 bits per heavy atom. The molecule has 0 spiro atoms. The van der Waals surface area contributed by atoms with Crippen LogP contribution in [0.2, 0.25) is 0 Å². The van der Waals surface area contributed by atoms with E-state index in [0.717, 1.165) is 25.3 Å². The summed E-state index contributed by atoms with van der Waals surface area (Å²) in [7, 11) is 0. The number of carbonyl (C=O) groups is 1. The van der Waals surface area contributed by atoms with Crippen LogP contribution in [0.15, 0.2) is 42.6 Å². The molecule has 0 bridgehead atoms. The Bertz CT molecular complexity index is 833. The molecule has 0 radical (unpaired) electrons. The van der Waals surface area contributed by atoms with Crippen LogP contribution in [0.5, 0.6) is 0 Å². The van der Waals surface area contributed by atoms with Gasteiger partial charge in [-0.1, -0.05) is 6.07 Å². The topological polar surface area (TPSA) is 91.6 Å². The summed E-state index contributed by atoms with van der Waals surface area (Å²) < 4.78 is 0. The van der Waals surface area contributed by atoms with E-state index in [1.165, 1.54) is 6.07 Å². The summed E-state index contributed by atoms with van der Waals surface area (Å²) in [6.07, 6.45) is 1.78. The third-order valence-corrected chi connectivity index (χ3v) is 4.68. The molecule has 3 rings (SSSR count). The first-order valence-corrected chi connectivity index (χ1v) is 9.40. The van der Waals surface area contributed by atoms with Crippen molar-refractivity contribution in [3.63, 3.8) is 0 Å². The summed E-state index contributed by atoms with van der Waals surface area (Å²) in [5.74, 6) is -0.301. The minimum absolute atomic E-state index is 0.0292. The Hall–Kier alpha value is -3.00. The Morgan fingerprint density at radius 2 is 1.96 bits per heavy atom. The Kier molecular flexibility index (Phi) is 6.20. The van der Waals surface area contributed by atoms with E-state index in [1.807, 2.05) is 36.9 Å². The smallest absolute Gasteiger partial charge is 0.293 e. The van der Waals surface area contributed by atoms with E-state index < -0.39 is 4.92 Å². The number of carbonyl (C=O) groups excluding carboxylic acids is 1. The average molecular weight is 383 g/mol. The Morgan fingerprint density at radius 3 is 2.57 bits per heavy atom. The quantitative estimate of drug-likeness (QED) is 0.609. The van der Waals surface area contributed by atoms with Crippen LogP contribution in [0.25, 0.3) is 0 Å². The fourth-order valence-corrected chi connectivity index (χ4v) is 3.29. The fourth-order valence-electron chi connectivity index (χ4n) is 3.29. The summed E-state index contributed by atoms with van der Waals surface area (Å²) in [6, 6.07) is 10.5. The lowest BCUT2D eigenvalue weighted by Crippen LogP contribution is -2.46. The van der Waals surface area contributed by atoms with Crippen molar-refractivity contribution in [2.75, 3.05) is 31.1 Å². The highest BCUT2D eigenvalue weighted by molar-refractivity contribution is 5.96. The molecule has 0 saturated carbocycles. The first kappa shape index (κ1) is 19.8. The zero-order valence-electron chi connectivity index (χ0n) is 16.2. The van der Waals surface area contributed by atoms with Gasteiger partial charge in [-0.3, -0.25) is 24.8 Å². The van der Waals surface area contributed by atoms with Crippen LogP contribution >= 0.6 is 0 Å². The lowest BCUT2D eigenvalue weighted by atomic mass is 10.1. The first-order chi connectivity index (χ1) is 13.4. The molecule has 2 heterocycles. The average Bonchev–Trinajstić information content (AvgIpc) is 2.68. The van der Waals surface area contributed by atoms with E-state index in [2.05, 4.69) is 15.2 Å². The molecule has 1 saturated heterocycles. The SMILES string of the molecule is CC(C)NC(=O)c1ccc(N2CCN(Cc3ccccn3)CC2)c([N+](=O)[O-])c1. The van der Waals surface area contributed by atoms with Gasteiger partial charge < -0.3 is 10.2 Å². The number of nitrogens with one attached hydrogen (secondary N) is 1. The maximum Gasteiger partial charge on any atom is 0.293 e. The van der Waals surface area contributed by atoms with Gasteiger partial charge in [0.2, 0.25) is 0 Å². The maximum absolute atomic E-state index is 12.2. The number of amides is 1. The summed E-state index contributed by atoms with van der Waals surface area (Å²) in [4.78, 5) is 32.0. The number of aromatic nitrogens is 1. The van der Waals surface area contributed by atoms with Crippen molar-refractivity contribution in [2.24, 2.45) is 0 Å². The number of nitrogens with zero attached hydrogens (tertiary/aromatic N) is 4. The largest absolute Gasteiger partial charge is 0.363 e. The van der Waals surface area contributed by atoms with Crippen molar-refractivity contribution < 1.29 is 9.72 Å². The van der Waals surface area contributed by atoms with Crippen LogP contribution in [0.4, 0.5) is 11.4 Å². The summed E-state index contributed by atoms with van der Waals surface area (Å²) in [5, 5.41) is 14.4. The zero-order valence-corrected chi connectivity index (χ0v) is 16.2. The van der Waals surface area contributed by atoms with Crippen LogP contribution in [0, 0.1) is 10.1 Å². The lowest BCUT2D eigenvalue weighted by Gasteiger charge is -2.35. The second-order valence-corrected chi connectivity index (χ2v) is 7.17. The molecule has 28 heavy (non-hydrogen) atoms. The minimum Gasteiger partial charge on any atom is -0.363 e. The number of pyridine rings is 1. The number of piperazine rings is 1. The normalized spacial score (nSPS) is 14.9. The van der Waals surface area contributed by atoms with E-state index in [0.29, 0.717) is 24.3 Å². The van der Waals surface area contributed by atoms with Crippen molar-refractivity contribution in [3.8, 4) is 0 Å². The number of benzene rings is 1. The number of hydrogen-bond donors (Lipinski definition) is 1. The minimum atomic E-state index is -0.415. The van der Waals surface area contributed by atoms with E-state index in [-0.39, 0.29) is 17.6 Å². The second kappa shape index (κ2) is 8.79. The monoisotopic (exact) mass is 383 g/mol. The van der Waals surface area contributed by atoms with Crippen LogP contribution in [-0.4, -0.2) is 52.9 Å².